The first-order chi connectivity index (χ1) is 12.0. The zero-order valence-corrected chi connectivity index (χ0v) is 15.4. The van der Waals surface area contributed by atoms with E-state index in [1.807, 2.05) is 32.0 Å². The van der Waals surface area contributed by atoms with Crippen LogP contribution in [-0.2, 0) is 4.79 Å². The summed E-state index contributed by atoms with van der Waals surface area (Å²) in [5, 5.41) is 3.95. The molecule has 0 spiro atoms. The predicted molar refractivity (Wildman–Crippen MR) is 97.4 cm³/mol. The van der Waals surface area contributed by atoms with Crippen molar-refractivity contribution in [2.75, 3.05) is 13.4 Å². The monoisotopic (exact) mass is 404 g/mol. The third-order valence-corrected chi connectivity index (χ3v) is 4.26. The van der Waals surface area contributed by atoms with Crippen LogP contribution in [0.1, 0.15) is 16.7 Å². The second kappa shape index (κ2) is 7.57. The maximum atomic E-state index is 11.9. The molecule has 1 heterocycles. The first-order valence-electron chi connectivity index (χ1n) is 7.64. The Morgan fingerprint density at radius 3 is 2.80 bits per heavy atom. The van der Waals surface area contributed by atoms with Gasteiger partial charge in [-0.25, -0.2) is 5.43 Å². The van der Waals surface area contributed by atoms with Crippen molar-refractivity contribution < 1.29 is 19.0 Å². The number of hydrazone groups is 1. The summed E-state index contributed by atoms with van der Waals surface area (Å²) in [6.07, 6.45) is 1.53. The Labute approximate surface area is 153 Å². The summed E-state index contributed by atoms with van der Waals surface area (Å²) in [4.78, 5) is 11.9. The molecule has 0 radical (unpaired) electrons. The zero-order valence-electron chi connectivity index (χ0n) is 13.8. The van der Waals surface area contributed by atoms with E-state index in [9.17, 15) is 4.79 Å². The minimum atomic E-state index is -0.340. The number of nitrogens with one attached hydrogen (secondary N) is 1. The predicted octanol–water partition coefficient (Wildman–Crippen LogP) is 3.32. The van der Waals surface area contributed by atoms with Crippen LogP contribution in [0.4, 0.5) is 0 Å². The van der Waals surface area contributed by atoms with Gasteiger partial charge in [-0.15, -0.1) is 0 Å². The largest absolute Gasteiger partial charge is 0.483 e. The molecule has 0 aliphatic carbocycles. The molecule has 1 amide bonds. The average molecular weight is 405 g/mol. The molecule has 0 saturated heterocycles. The Bertz CT molecular complexity index is 836. The van der Waals surface area contributed by atoms with Crippen molar-refractivity contribution >= 4 is 28.1 Å². The summed E-state index contributed by atoms with van der Waals surface area (Å²) in [6, 6.07) is 9.38. The van der Waals surface area contributed by atoms with Crippen LogP contribution >= 0.6 is 15.9 Å². The van der Waals surface area contributed by atoms with E-state index in [2.05, 4.69) is 26.5 Å². The van der Waals surface area contributed by atoms with Crippen molar-refractivity contribution in [2.45, 2.75) is 13.8 Å². The van der Waals surface area contributed by atoms with Gasteiger partial charge in [-0.1, -0.05) is 17.7 Å². The number of carbonyl (C=O) groups is 1. The number of ether oxygens (including phenoxy) is 3. The van der Waals surface area contributed by atoms with Gasteiger partial charge in [0.05, 0.1) is 6.21 Å². The molecular formula is C18H17BrN2O4. The van der Waals surface area contributed by atoms with Gasteiger partial charge in [0.15, 0.2) is 18.1 Å². The lowest BCUT2D eigenvalue weighted by atomic mass is 10.1. The smallest absolute Gasteiger partial charge is 0.277 e. The van der Waals surface area contributed by atoms with Crippen LogP contribution in [0, 0.1) is 13.8 Å². The molecule has 0 unspecified atom stereocenters. The number of hydrogen-bond donors (Lipinski definition) is 1. The molecule has 2 aromatic carbocycles. The van der Waals surface area contributed by atoms with E-state index in [0.717, 1.165) is 21.2 Å². The Morgan fingerprint density at radius 2 is 2.04 bits per heavy atom. The number of fused-ring (bicyclic) bond motifs is 1. The van der Waals surface area contributed by atoms with E-state index in [1.165, 1.54) is 6.21 Å². The summed E-state index contributed by atoms with van der Waals surface area (Å²) in [5.41, 5.74) is 5.34. The molecule has 0 atom stereocenters. The lowest BCUT2D eigenvalue weighted by Crippen LogP contribution is -2.24. The normalized spacial score (nSPS) is 12.4. The second-order valence-corrected chi connectivity index (χ2v) is 6.43. The zero-order chi connectivity index (χ0) is 17.8. The molecule has 7 heteroatoms. The summed E-state index contributed by atoms with van der Waals surface area (Å²) < 4.78 is 16.9. The van der Waals surface area contributed by atoms with E-state index in [4.69, 9.17) is 14.2 Å². The highest BCUT2D eigenvalue weighted by Crippen LogP contribution is 2.36. The number of rotatable bonds is 5. The van der Waals surface area contributed by atoms with Crippen molar-refractivity contribution in [3.05, 3.63) is 51.5 Å². The highest BCUT2D eigenvalue weighted by Gasteiger charge is 2.15. The molecule has 3 rings (SSSR count). The van der Waals surface area contributed by atoms with Crippen molar-refractivity contribution in [1.82, 2.24) is 5.43 Å². The molecule has 0 aromatic heterocycles. The number of benzene rings is 2. The molecule has 6 nitrogen and oxygen atoms in total. The van der Waals surface area contributed by atoms with E-state index in [0.29, 0.717) is 17.2 Å². The average Bonchev–Trinajstić information content (AvgIpc) is 3.01. The minimum absolute atomic E-state index is 0.108. The molecule has 1 aliphatic heterocycles. The van der Waals surface area contributed by atoms with E-state index in [-0.39, 0.29) is 19.3 Å². The second-order valence-electron chi connectivity index (χ2n) is 5.58. The van der Waals surface area contributed by atoms with Crippen LogP contribution < -0.4 is 19.6 Å². The van der Waals surface area contributed by atoms with Gasteiger partial charge in [0.25, 0.3) is 5.91 Å². The van der Waals surface area contributed by atoms with Crippen LogP contribution in [0.5, 0.6) is 17.2 Å². The molecule has 25 heavy (non-hydrogen) atoms. The van der Waals surface area contributed by atoms with Crippen molar-refractivity contribution in [3.8, 4) is 17.2 Å². The van der Waals surface area contributed by atoms with Gasteiger partial charge >= 0.3 is 0 Å². The highest BCUT2D eigenvalue weighted by atomic mass is 79.9. The molecule has 130 valence electrons. The Kier molecular flexibility index (Phi) is 5.23. The molecule has 0 bridgehead atoms. The topological polar surface area (TPSA) is 69.2 Å². The fraction of sp³-hybridized carbons (Fsp3) is 0.222. The SMILES string of the molecule is Cc1ccc(OCC(=O)NN=Cc2cc3c(cc2Br)OCO3)c(C)c1. The maximum absolute atomic E-state index is 11.9. The first kappa shape index (κ1) is 17.3. The highest BCUT2D eigenvalue weighted by molar-refractivity contribution is 9.10. The van der Waals surface area contributed by atoms with Crippen LogP contribution in [-0.4, -0.2) is 25.5 Å². The summed E-state index contributed by atoms with van der Waals surface area (Å²) in [5.74, 6) is 1.67. The molecule has 1 aliphatic rings. The Hall–Kier alpha value is -2.54. The van der Waals surface area contributed by atoms with E-state index < -0.39 is 0 Å². The van der Waals surface area contributed by atoms with Crippen LogP contribution in [0.25, 0.3) is 0 Å². The number of amides is 1. The number of hydrogen-bond acceptors (Lipinski definition) is 5. The third-order valence-electron chi connectivity index (χ3n) is 3.57. The Balaban J connectivity index is 1.54. The van der Waals surface area contributed by atoms with Crippen LogP contribution in [0.2, 0.25) is 0 Å². The van der Waals surface area contributed by atoms with Gasteiger partial charge in [0.2, 0.25) is 6.79 Å². The molecule has 0 saturated carbocycles. The number of carbonyl (C=O) groups excluding carboxylic acids is 1. The quantitative estimate of drug-likeness (QED) is 0.612. The van der Waals surface area contributed by atoms with Crippen molar-refractivity contribution in [3.63, 3.8) is 0 Å². The van der Waals surface area contributed by atoms with E-state index >= 15 is 0 Å². The summed E-state index contributed by atoms with van der Waals surface area (Å²) in [7, 11) is 0. The molecule has 1 N–H and O–H groups in total. The lowest BCUT2D eigenvalue weighted by Gasteiger charge is -2.08. The van der Waals surface area contributed by atoms with Crippen molar-refractivity contribution in [1.29, 1.82) is 0 Å². The molecular weight excluding hydrogens is 388 g/mol. The number of halogens is 1. The minimum Gasteiger partial charge on any atom is -0.483 e. The molecule has 2 aromatic rings. The van der Waals surface area contributed by atoms with Gasteiger partial charge in [-0.05, 0) is 53.5 Å². The van der Waals surface area contributed by atoms with Gasteiger partial charge < -0.3 is 14.2 Å². The number of nitrogens with zero attached hydrogens (tertiary/aromatic N) is 1. The fourth-order valence-electron chi connectivity index (χ4n) is 2.34. The van der Waals surface area contributed by atoms with Gasteiger partial charge in [-0.3, -0.25) is 4.79 Å². The van der Waals surface area contributed by atoms with Crippen LogP contribution in [0.15, 0.2) is 39.9 Å². The third kappa shape index (κ3) is 4.30. The van der Waals surface area contributed by atoms with Crippen LogP contribution in [0.3, 0.4) is 0 Å². The Morgan fingerprint density at radius 1 is 1.28 bits per heavy atom. The van der Waals surface area contributed by atoms with Gasteiger partial charge in [0, 0.05) is 10.0 Å². The lowest BCUT2D eigenvalue weighted by molar-refractivity contribution is -0.123. The first-order valence-corrected chi connectivity index (χ1v) is 8.43. The molecule has 0 fully saturated rings. The van der Waals surface area contributed by atoms with Gasteiger partial charge in [-0.2, -0.15) is 5.10 Å². The summed E-state index contributed by atoms with van der Waals surface area (Å²) >= 11 is 3.43. The fourth-order valence-corrected chi connectivity index (χ4v) is 2.77. The van der Waals surface area contributed by atoms with Crippen molar-refractivity contribution in [2.24, 2.45) is 5.10 Å². The standard InChI is InChI=1S/C18H17BrN2O4/c1-11-3-4-15(12(2)5-11)23-9-18(22)21-20-8-13-6-16-17(7-14(13)19)25-10-24-16/h3-8H,9-10H2,1-2H3,(H,21,22). The summed E-state index contributed by atoms with van der Waals surface area (Å²) in [6.45, 7) is 4.04. The number of aryl methyl sites for hydroxylation is 2. The van der Waals surface area contributed by atoms with Gasteiger partial charge in [0.1, 0.15) is 5.75 Å². The maximum Gasteiger partial charge on any atom is 0.277 e. The van der Waals surface area contributed by atoms with E-state index in [1.54, 1.807) is 12.1 Å².